The van der Waals surface area contributed by atoms with E-state index in [4.69, 9.17) is 0 Å². The van der Waals surface area contributed by atoms with E-state index in [2.05, 4.69) is 37.2 Å². The van der Waals surface area contributed by atoms with E-state index in [1.807, 2.05) is 18.2 Å². The van der Waals surface area contributed by atoms with Crippen molar-refractivity contribution in [1.29, 1.82) is 0 Å². The number of hydrogen-bond donors (Lipinski definition) is 1. The molecule has 0 aliphatic heterocycles. The Labute approximate surface area is 127 Å². The number of benzene rings is 2. The van der Waals surface area contributed by atoms with Gasteiger partial charge in [0.2, 0.25) is 0 Å². The molecule has 19 heavy (non-hydrogen) atoms. The van der Waals surface area contributed by atoms with Gasteiger partial charge in [-0.15, -0.1) is 0 Å². The summed E-state index contributed by atoms with van der Waals surface area (Å²) < 4.78 is 28.1. The number of nitrogens with one attached hydrogen (secondary N) is 1. The van der Waals surface area contributed by atoms with Crippen molar-refractivity contribution in [2.24, 2.45) is 0 Å². The maximum atomic E-state index is 13.3. The maximum absolute atomic E-state index is 13.3. The molecule has 2 aromatic carbocycles. The molecule has 5 heteroatoms. The van der Waals surface area contributed by atoms with Crippen molar-refractivity contribution in [3.63, 3.8) is 0 Å². The second-order valence-corrected chi connectivity index (χ2v) is 5.93. The zero-order valence-electron chi connectivity index (χ0n) is 10.1. The lowest BCUT2D eigenvalue weighted by Gasteiger charge is -2.18. The Kier molecular flexibility index (Phi) is 4.71. The van der Waals surface area contributed by atoms with Crippen molar-refractivity contribution < 1.29 is 8.78 Å². The van der Waals surface area contributed by atoms with Crippen LogP contribution in [0.5, 0.6) is 0 Å². The van der Waals surface area contributed by atoms with E-state index in [-0.39, 0.29) is 6.04 Å². The van der Waals surface area contributed by atoms with Crippen molar-refractivity contribution >= 4 is 31.9 Å². The van der Waals surface area contributed by atoms with Gasteiger partial charge in [0.1, 0.15) is 0 Å². The molecular formula is C14H11Br2F2N. The molecule has 1 nitrogen and oxygen atoms in total. The molecule has 100 valence electrons. The fourth-order valence-corrected chi connectivity index (χ4v) is 3.29. The molecule has 0 aliphatic carbocycles. The van der Waals surface area contributed by atoms with Crippen LogP contribution in [0.15, 0.2) is 45.3 Å². The highest BCUT2D eigenvalue weighted by molar-refractivity contribution is 9.11. The van der Waals surface area contributed by atoms with E-state index >= 15 is 0 Å². The third kappa shape index (κ3) is 3.41. The molecule has 0 saturated heterocycles. The monoisotopic (exact) mass is 389 g/mol. The van der Waals surface area contributed by atoms with Crippen molar-refractivity contribution in [3.05, 3.63) is 68.1 Å². The van der Waals surface area contributed by atoms with Gasteiger partial charge in [-0.05, 0) is 48.5 Å². The summed E-state index contributed by atoms with van der Waals surface area (Å²) in [6.07, 6.45) is 0. The fourth-order valence-electron chi connectivity index (χ4n) is 1.96. The van der Waals surface area contributed by atoms with Gasteiger partial charge in [0, 0.05) is 8.95 Å². The van der Waals surface area contributed by atoms with Crippen LogP contribution < -0.4 is 5.32 Å². The molecule has 0 bridgehead atoms. The van der Waals surface area contributed by atoms with E-state index in [9.17, 15) is 8.78 Å². The van der Waals surface area contributed by atoms with Gasteiger partial charge < -0.3 is 5.32 Å². The molecule has 0 amide bonds. The molecule has 2 rings (SSSR count). The van der Waals surface area contributed by atoms with Crippen molar-refractivity contribution in [2.45, 2.75) is 6.04 Å². The average molecular weight is 391 g/mol. The Morgan fingerprint density at radius 2 is 1.53 bits per heavy atom. The van der Waals surface area contributed by atoms with E-state index in [1.54, 1.807) is 13.1 Å². The topological polar surface area (TPSA) is 12.0 Å². The lowest BCUT2D eigenvalue weighted by molar-refractivity contribution is 0.505. The Morgan fingerprint density at radius 1 is 0.895 bits per heavy atom. The molecule has 0 spiro atoms. The van der Waals surface area contributed by atoms with Crippen LogP contribution in [0.25, 0.3) is 0 Å². The summed E-state index contributed by atoms with van der Waals surface area (Å²) >= 11 is 6.83. The molecule has 1 N–H and O–H groups in total. The summed E-state index contributed by atoms with van der Waals surface area (Å²) in [6, 6.07) is 9.52. The summed E-state index contributed by atoms with van der Waals surface area (Å²) in [5, 5.41) is 3.10. The molecule has 0 fully saturated rings. The van der Waals surface area contributed by atoms with Crippen molar-refractivity contribution in [3.8, 4) is 0 Å². The first-order valence-electron chi connectivity index (χ1n) is 5.59. The Morgan fingerprint density at radius 3 is 2.05 bits per heavy atom. The minimum absolute atomic E-state index is 0.205. The minimum Gasteiger partial charge on any atom is -0.309 e. The second kappa shape index (κ2) is 6.11. The van der Waals surface area contributed by atoms with Crippen LogP contribution in [0.2, 0.25) is 0 Å². The average Bonchev–Trinajstić information content (AvgIpc) is 2.33. The summed E-state index contributed by atoms with van der Waals surface area (Å²) in [5.74, 6) is -1.68. The Balaban J connectivity index is 2.46. The van der Waals surface area contributed by atoms with Gasteiger partial charge in [0.25, 0.3) is 0 Å². The smallest absolute Gasteiger partial charge is 0.159 e. The zero-order valence-corrected chi connectivity index (χ0v) is 13.2. The largest absolute Gasteiger partial charge is 0.309 e. The molecule has 0 aliphatic rings. The van der Waals surface area contributed by atoms with E-state index in [1.165, 1.54) is 6.07 Å². The molecule has 1 unspecified atom stereocenters. The lowest BCUT2D eigenvalue weighted by atomic mass is 9.99. The Hall–Kier alpha value is -0.780. The molecule has 0 radical (unpaired) electrons. The molecule has 0 heterocycles. The SMILES string of the molecule is CNC(c1cc(Br)cc(Br)c1)c1ccc(F)c(F)c1. The number of rotatable bonds is 3. The van der Waals surface area contributed by atoms with E-state index in [0.717, 1.165) is 20.6 Å². The van der Waals surface area contributed by atoms with Crippen LogP contribution >= 0.6 is 31.9 Å². The summed E-state index contributed by atoms with van der Waals surface area (Å²) in [7, 11) is 1.78. The highest BCUT2D eigenvalue weighted by atomic mass is 79.9. The van der Waals surface area contributed by atoms with Gasteiger partial charge in [-0.2, -0.15) is 0 Å². The first-order chi connectivity index (χ1) is 9.01. The summed E-state index contributed by atoms with van der Waals surface area (Å²) in [6.45, 7) is 0. The molecule has 2 aromatic rings. The van der Waals surface area contributed by atoms with Crippen molar-refractivity contribution in [1.82, 2.24) is 5.32 Å². The predicted molar refractivity (Wildman–Crippen MR) is 79.1 cm³/mol. The van der Waals surface area contributed by atoms with Crippen LogP contribution in [0, 0.1) is 11.6 Å². The lowest BCUT2D eigenvalue weighted by Crippen LogP contribution is -2.18. The minimum atomic E-state index is -0.841. The highest BCUT2D eigenvalue weighted by Gasteiger charge is 2.15. The van der Waals surface area contributed by atoms with E-state index in [0.29, 0.717) is 5.56 Å². The fraction of sp³-hybridized carbons (Fsp3) is 0.143. The van der Waals surface area contributed by atoms with Crippen LogP contribution in [0.3, 0.4) is 0 Å². The van der Waals surface area contributed by atoms with Crippen LogP contribution in [0.1, 0.15) is 17.2 Å². The van der Waals surface area contributed by atoms with E-state index < -0.39 is 11.6 Å². The first-order valence-corrected chi connectivity index (χ1v) is 7.18. The number of hydrogen-bond acceptors (Lipinski definition) is 1. The van der Waals surface area contributed by atoms with Crippen molar-refractivity contribution in [2.75, 3.05) is 7.05 Å². The summed E-state index contributed by atoms with van der Waals surface area (Å²) in [4.78, 5) is 0. The summed E-state index contributed by atoms with van der Waals surface area (Å²) in [5.41, 5.74) is 1.63. The third-order valence-electron chi connectivity index (χ3n) is 2.78. The first kappa shape index (κ1) is 14.6. The standard InChI is InChI=1S/C14H11Br2F2N/c1-19-14(8-2-3-12(17)13(18)6-8)9-4-10(15)7-11(16)5-9/h2-7,14,19H,1H3. The van der Waals surface area contributed by atoms with Crippen LogP contribution in [-0.2, 0) is 0 Å². The third-order valence-corrected chi connectivity index (χ3v) is 3.70. The van der Waals surface area contributed by atoms with Gasteiger partial charge in [-0.3, -0.25) is 0 Å². The predicted octanol–water partition coefficient (Wildman–Crippen LogP) is 4.80. The van der Waals surface area contributed by atoms with Gasteiger partial charge in [0.05, 0.1) is 6.04 Å². The molecule has 1 atom stereocenters. The quantitative estimate of drug-likeness (QED) is 0.793. The van der Waals surface area contributed by atoms with Crippen LogP contribution in [-0.4, -0.2) is 7.05 Å². The zero-order chi connectivity index (χ0) is 14.0. The highest BCUT2D eigenvalue weighted by Crippen LogP contribution is 2.28. The normalized spacial score (nSPS) is 12.5. The molecule has 0 aromatic heterocycles. The molecular weight excluding hydrogens is 380 g/mol. The van der Waals surface area contributed by atoms with Gasteiger partial charge in [0.15, 0.2) is 11.6 Å². The number of halogens is 4. The maximum Gasteiger partial charge on any atom is 0.159 e. The molecule has 0 saturated carbocycles. The van der Waals surface area contributed by atoms with Crippen LogP contribution in [0.4, 0.5) is 8.78 Å². The van der Waals surface area contributed by atoms with Gasteiger partial charge in [-0.25, -0.2) is 8.78 Å². The van der Waals surface area contributed by atoms with Gasteiger partial charge in [-0.1, -0.05) is 37.9 Å². The Bertz CT molecular complexity index is 582. The van der Waals surface area contributed by atoms with Gasteiger partial charge >= 0.3 is 0 Å². The second-order valence-electron chi connectivity index (χ2n) is 4.10.